The number of nitriles is 1. The van der Waals surface area contributed by atoms with E-state index in [2.05, 4.69) is 11.4 Å². The van der Waals surface area contributed by atoms with Gasteiger partial charge in [-0.3, -0.25) is 0 Å². The van der Waals surface area contributed by atoms with Crippen molar-refractivity contribution < 1.29 is 9.84 Å². The predicted octanol–water partition coefficient (Wildman–Crippen LogP) is 3.22. The molecule has 0 aromatic heterocycles. The number of phenols is 1. The van der Waals surface area contributed by atoms with E-state index in [0.717, 1.165) is 5.56 Å². The minimum absolute atomic E-state index is 0.0919. The van der Waals surface area contributed by atoms with E-state index in [0.29, 0.717) is 35.0 Å². The summed E-state index contributed by atoms with van der Waals surface area (Å²) in [5, 5.41) is 22.5. The average Bonchev–Trinajstić information content (AvgIpc) is 2.51. The van der Waals surface area contributed by atoms with Gasteiger partial charge in [0.05, 0.1) is 18.7 Å². The second-order valence-corrected chi connectivity index (χ2v) is 4.96. The van der Waals surface area contributed by atoms with Crippen molar-refractivity contribution in [2.45, 2.75) is 13.1 Å². The molecule has 0 spiro atoms. The molecule has 0 atom stereocenters. The molecule has 0 aliphatic rings. The number of hydrogen-bond donors (Lipinski definition) is 2. The number of phenolic OH excluding ortho intramolecular Hbond substituents is 1. The predicted molar refractivity (Wildman–Crippen MR) is 81.4 cm³/mol. The molecular weight excluding hydrogens is 288 g/mol. The van der Waals surface area contributed by atoms with Crippen LogP contribution < -0.4 is 10.1 Å². The van der Waals surface area contributed by atoms with Gasteiger partial charge < -0.3 is 15.2 Å². The average molecular weight is 303 g/mol. The van der Waals surface area contributed by atoms with Crippen molar-refractivity contribution >= 4 is 11.6 Å². The Hall–Kier alpha value is -2.22. The molecule has 2 rings (SSSR count). The van der Waals surface area contributed by atoms with Crippen molar-refractivity contribution in [3.63, 3.8) is 0 Å². The Morgan fingerprint density at radius 1 is 1.24 bits per heavy atom. The van der Waals surface area contributed by atoms with Gasteiger partial charge in [0.2, 0.25) is 0 Å². The molecule has 0 saturated carbocycles. The van der Waals surface area contributed by atoms with Gasteiger partial charge >= 0.3 is 0 Å². The van der Waals surface area contributed by atoms with E-state index < -0.39 is 0 Å². The molecule has 4 nitrogen and oxygen atoms in total. The summed E-state index contributed by atoms with van der Waals surface area (Å²) in [5.74, 6) is 0.451. The van der Waals surface area contributed by atoms with Crippen molar-refractivity contribution in [3.8, 4) is 17.6 Å². The minimum Gasteiger partial charge on any atom is -0.504 e. The number of aromatic hydroxyl groups is 1. The van der Waals surface area contributed by atoms with Crippen LogP contribution in [0.25, 0.3) is 0 Å². The first-order valence-corrected chi connectivity index (χ1v) is 6.77. The summed E-state index contributed by atoms with van der Waals surface area (Å²) in [6, 6.07) is 12.7. The van der Waals surface area contributed by atoms with Gasteiger partial charge in [0.25, 0.3) is 0 Å². The van der Waals surface area contributed by atoms with Crippen LogP contribution >= 0.6 is 11.6 Å². The fraction of sp³-hybridized carbons (Fsp3) is 0.188. The summed E-state index contributed by atoms with van der Waals surface area (Å²) in [6.45, 7) is 1.09. The monoisotopic (exact) mass is 302 g/mol. The van der Waals surface area contributed by atoms with Crippen LogP contribution in [0.2, 0.25) is 5.02 Å². The minimum atomic E-state index is 0.0919. The Balaban J connectivity index is 2.00. The van der Waals surface area contributed by atoms with Crippen molar-refractivity contribution in [2.24, 2.45) is 0 Å². The fourth-order valence-electron chi connectivity index (χ4n) is 1.96. The lowest BCUT2D eigenvalue weighted by atomic mass is 10.1. The molecule has 108 valence electrons. The first kappa shape index (κ1) is 15.2. The molecule has 2 N–H and O–H groups in total. The highest BCUT2D eigenvalue weighted by atomic mass is 35.5. The molecule has 0 aliphatic heterocycles. The molecule has 2 aromatic carbocycles. The van der Waals surface area contributed by atoms with Gasteiger partial charge in [0.15, 0.2) is 11.5 Å². The van der Waals surface area contributed by atoms with Gasteiger partial charge in [-0.15, -0.1) is 0 Å². The molecule has 2 aromatic rings. The van der Waals surface area contributed by atoms with Crippen LogP contribution in [0, 0.1) is 11.3 Å². The molecule has 0 fully saturated rings. The third kappa shape index (κ3) is 3.88. The van der Waals surface area contributed by atoms with Crippen LogP contribution in [0.4, 0.5) is 0 Å². The van der Waals surface area contributed by atoms with E-state index in [4.69, 9.17) is 21.6 Å². The van der Waals surface area contributed by atoms with E-state index in [-0.39, 0.29) is 5.75 Å². The van der Waals surface area contributed by atoms with E-state index >= 15 is 0 Å². The van der Waals surface area contributed by atoms with Gasteiger partial charge in [-0.1, -0.05) is 23.7 Å². The molecule has 0 heterocycles. The van der Waals surface area contributed by atoms with Gasteiger partial charge in [-0.05, 0) is 23.8 Å². The number of nitrogens with zero attached hydrogens (tertiary/aromatic N) is 1. The smallest absolute Gasteiger partial charge is 0.162 e. The maximum atomic E-state index is 10.0. The van der Waals surface area contributed by atoms with Crippen LogP contribution in [0.3, 0.4) is 0 Å². The maximum Gasteiger partial charge on any atom is 0.162 e. The third-order valence-corrected chi connectivity index (χ3v) is 3.28. The van der Waals surface area contributed by atoms with Crippen molar-refractivity contribution in [2.75, 3.05) is 7.11 Å². The Bertz CT molecular complexity index is 663. The number of hydrogen-bond acceptors (Lipinski definition) is 4. The second-order valence-electron chi connectivity index (χ2n) is 4.53. The first-order chi connectivity index (χ1) is 10.1. The lowest BCUT2D eigenvalue weighted by molar-refractivity contribution is 0.369. The number of benzene rings is 2. The molecule has 0 amide bonds. The molecule has 21 heavy (non-hydrogen) atoms. The molecule has 0 aliphatic carbocycles. The molecule has 5 heteroatoms. The summed E-state index contributed by atoms with van der Waals surface area (Å²) >= 11 is 5.98. The van der Waals surface area contributed by atoms with Crippen LogP contribution in [-0.2, 0) is 13.1 Å². The zero-order chi connectivity index (χ0) is 15.2. The van der Waals surface area contributed by atoms with E-state index in [1.807, 2.05) is 12.1 Å². The van der Waals surface area contributed by atoms with Crippen LogP contribution in [0.1, 0.15) is 16.7 Å². The lowest BCUT2D eigenvalue weighted by Gasteiger charge is -2.11. The van der Waals surface area contributed by atoms with Gasteiger partial charge in [0, 0.05) is 29.7 Å². The normalized spacial score (nSPS) is 10.1. The molecule has 0 radical (unpaired) electrons. The summed E-state index contributed by atoms with van der Waals surface area (Å²) in [6.07, 6.45) is 0. The van der Waals surface area contributed by atoms with Gasteiger partial charge in [-0.25, -0.2) is 0 Å². The zero-order valence-corrected chi connectivity index (χ0v) is 12.3. The highest BCUT2D eigenvalue weighted by Gasteiger charge is 2.09. The van der Waals surface area contributed by atoms with E-state index in [1.54, 1.807) is 24.3 Å². The number of nitrogens with one attached hydrogen (secondary N) is 1. The second kappa shape index (κ2) is 6.98. The lowest BCUT2D eigenvalue weighted by Crippen LogP contribution is -2.13. The van der Waals surface area contributed by atoms with Crippen molar-refractivity contribution in [1.82, 2.24) is 5.32 Å². The summed E-state index contributed by atoms with van der Waals surface area (Å²) < 4.78 is 5.06. The van der Waals surface area contributed by atoms with Crippen molar-refractivity contribution in [1.29, 1.82) is 5.26 Å². The molecular formula is C16H15ClN2O2. The summed E-state index contributed by atoms with van der Waals surface area (Å²) in [4.78, 5) is 0. The highest BCUT2D eigenvalue weighted by Crippen LogP contribution is 2.33. The maximum absolute atomic E-state index is 10.0. The molecule has 0 bridgehead atoms. The van der Waals surface area contributed by atoms with Gasteiger partial charge in [-0.2, -0.15) is 5.26 Å². The van der Waals surface area contributed by atoms with Crippen LogP contribution in [0.15, 0.2) is 36.4 Å². The third-order valence-electron chi connectivity index (χ3n) is 3.07. The standard InChI is InChI=1S/C16H15ClN2O2/c1-21-15-7-14(17)6-13(16(15)20)10-19-9-12-4-2-11(8-18)3-5-12/h2-7,19-20H,9-10H2,1H3. The fourth-order valence-corrected chi connectivity index (χ4v) is 2.19. The first-order valence-electron chi connectivity index (χ1n) is 6.39. The van der Waals surface area contributed by atoms with Crippen LogP contribution in [0.5, 0.6) is 11.5 Å². The van der Waals surface area contributed by atoms with Crippen molar-refractivity contribution in [3.05, 3.63) is 58.1 Å². The Morgan fingerprint density at radius 2 is 1.95 bits per heavy atom. The Labute approximate surface area is 128 Å². The Morgan fingerprint density at radius 3 is 2.57 bits per heavy atom. The molecule has 0 saturated heterocycles. The summed E-state index contributed by atoms with van der Waals surface area (Å²) in [7, 11) is 1.49. The number of rotatable bonds is 5. The number of ether oxygens (including phenoxy) is 1. The topological polar surface area (TPSA) is 65.3 Å². The number of methoxy groups -OCH3 is 1. The highest BCUT2D eigenvalue weighted by molar-refractivity contribution is 6.30. The zero-order valence-electron chi connectivity index (χ0n) is 11.6. The van der Waals surface area contributed by atoms with Crippen LogP contribution in [-0.4, -0.2) is 12.2 Å². The molecule has 0 unspecified atom stereocenters. The van der Waals surface area contributed by atoms with Gasteiger partial charge in [0.1, 0.15) is 0 Å². The SMILES string of the molecule is COc1cc(Cl)cc(CNCc2ccc(C#N)cc2)c1O. The quantitative estimate of drug-likeness (QED) is 0.890. The summed E-state index contributed by atoms with van der Waals surface area (Å²) in [5.41, 5.74) is 2.37. The number of halogens is 1. The Kier molecular flexibility index (Phi) is 5.04. The van der Waals surface area contributed by atoms with E-state index in [1.165, 1.54) is 7.11 Å². The van der Waals surface area contributed by atoms with E-state index in [9.17, 15) is 5.11 Å². The largest absolute Gasteiger partial charge is 0.504 e.